The van der Waals surface area contributed by atoms with Crippen LogP contribution >= 0.6 is 0 Å². The molecule has 0 saturated carbocycles. The predicted molar refractivity (Wildman–Crippen MR) is 54.3 cm³/mol. The third kappa shape index (κ3) is 7.90. The molecule has 4 nitrogen and oxygen atoms in total. The number of carbonyl (C=O) groups excluding carboxylic acids is 1. The monoisotopic (exact) mass is 219 g/mol. The summed E-state index contributed by atoms with van der Waals surface area (Å²) in [5.41, 5.74) is 0. The predicted octanol–water partition coefficient (Wildman–Crippen LogP) is 1.45. The number of halogens is 1. The Kier molecular flexibility index (Phi) is 6.66. The van der Waals surface area contributed by atoms with Gasteiger partial charge in [0.25, 0.3) is 0 Å². The van der Waals surface area contributed by atoms with Gasteiger partial charge in [-0.05, 0) is 19.8 Å². The highest BCUT2D eigenvalue weighted by atomic mass is 19.1. The molecule has 1 amide bonds. The molecule has 1 N–H and O–H groups in total. The van der Waals surface area contributed by atoms with Crippen molar-refractivity contribution >= 4 is 11.9 Å². The first-order chi connectivity index (χ1) is 6.93. The van der Waals surface area contributed by atoms with Crippen LogP contribution in [-0.2, 0) is 9.59 Å². The number of unbranched alkanes of at least 4 members (excludes halogenated alkanes) is 1. The number of carboxylic acids is 1. The van der Waals surface area contributed by atoms with Crippen molar-refractivity contribution in [3.63, 3.8) is 0 Å². The number of carboxylic acid groups (broad SMARTS) is 1. The molecular formula is C10H18FNO3. The molecule has 0 aliphatic rings. The quantitative estimate of drug-likeness (QED) is 0.659. The SMILES string of the molecule is CC(F)CCCCC(=O)N(C)CC(=O)O. The lowest BCUT2D eigenvalue weighted by Crippen LogP contribution is -2.31. The Balaban J connectivity index is 3.60. The van der Waals surface area contributed by atoms with Crippen LogP contribution in [0.25, 0.3) is 0 Å². The van der Waals surface area contributed by atoms with Gasteiger partial charge in [0.15, 0.2) is 0 Å². The first-order valence-electron chi connectivity index (χ1n) is 5.03. The second kappa shape index (κ2) is 7.20. The molecule has 1 atom stereocenters. The summed E-state index contributed by atoms with van der Waals surface area (Å²) in [6.07, 6.45) is 1.17. The number of carbonyl (C=O) groups is 2. The van der Waals surface area contributed by atoms with E-state index in [-0.39, 0.29) is 18.9 Å². The summed E-state index contributed by atoms with van der Waals surface area (Å²) >= 11 is 0. The van der Waals surface area contributed by atoms with Gasteiger partial charge in [-0.25, -0.2) is 4.39 Å². The zero-order valence-electron chi connectivity index (χ0n) is 9.20. The molecule has 0 heterocycles. The van der Waals surface area contributed by atoms with E-state index in [4.69, 9.17) is 5.11 Å². The molecule has 0 aromatic carbocycles. The Morgan fingerprint density at radius 2 is 2.00 bits per heavy atom. The molecule has 0 fully saturated rings. The highest BCUT2D eigenvalue weighted by molar-refractivity contribution is 5.80. The number of alkyl halides is 1. The maximum atomic E-state index is 12.4. The summed E-state index contributed by atoms with van der Waals surface area (Å²) in [5.74, 6) is -1.23. The van der Waals surface area contributed by atoms with Crippen LogP contribution in [0.2, 0.25) is 0 Å². The van der Waals surface area contributed by atoms with Crippen molar-refractivity contribution in [3.8, 4) is 0 Å². The number of hydrogen-bond donors (Lipinski definition) is 1. The lowest BCUT2D eigenvalue weighted by atomic mass is 10.1. The lowest BCUT2D eigenvalue weighted by Gasteiger charge is -2.14. The Morgan fingerprint density at radius 1 is 1.40 bits per heavy atom. The topological polar surface area (TPSA) is 57.6 Å². The van der Waals surface area contributed by atoms with Gasteiger partial charge in [-0.2, -0.15) is 0 Å². The van der Waals surface area contributed by atoms with E-state index in [0.717, 1.165) is 0 Å². The lowest BCUT2D eigenvalue weighted by molar-refractivity contribution is -0.143. The van der Waals surface area contributed by atoms with E-state index in [2.05, 4.69) is 0 Å². The first kappa shape index (κ1) is 13.9. The van der Waals surface area contributed by atoms with Crippen LogP contribution < -0.4 is 0 Å². The van der Waals surface area contributed by atoms with E-state index >= 15 is 0 Å². The fourth-order valence-corrected chi connectivity index (χ4v) is 1.18. The summed E-state index contributed by atoms with van der Waals surface area (Å²) in [7, 11) is 1.45. The van der Waals surface area contributed by atoms with Crippen LogP contribution in [0.15, 0.2) is 0 Å². The van der Waals surface area contributed by atoms with E-state index in [1.165, 1.54) is 18.9 Å². The van der Waals surface area contributed by atoms with Gasteiger partial charge in [0.05, 0.1) is 6.17 Å². The van der Waals surface area contributed by atoms with Crippen molar-refractivity contribution in [2.24, 2.45) is 0 Å². The van der Waals surface area contributed by atoms with E-state index in [1.54, 1.807) is 0 Å². The van der Waals surface area contributed by atoms with Crippen LogP contribution in [-0.4, -0.2) is 41.6 Å². The minimum absolute atomic E-state index is 0.205. The van der Waals surface area contributed by atoms with E-state index in [9.17, 15) is 14.0 Å². The summed E-state index contributed by atoms with van der Waals surface area (Å²) in [5, 5.41) is 8.43. The number of hydrogen-bond acceptors (Lipinski definition) is 2. The minimum atomic E-state index is -1.02. The van der Waals surface area contributed by atoms with Gasteiger partial charge in [-0.1, -0.05) is 6.42 Å². The summed E-state index contributed by atoms with van der Waals surface area (Å²) in [6, 6.07) is 0. The fourth-order valence-electron chi connectivity index (χ4n) is 1.18. The van der Waals surface area contributed by atoms with Crippen LogP contribution in [0.3, 0.4) is 0 Å². The molecule has 15 heavy (non-hydrogen) atoms. The molecule has 0 spiro atoms. The highest BCUT2D eigenvalue weighted by Gasteiger charge is 2.11. The van der Waals surface area contributed by atoms with Crippen molar-refractivity contribution in [1.82, 2.24) is 4.90 Å². The molecule has 0 aliphatic heterocycles. The maximum Gasteiger partial charge on any atom is 0.323 e. The smallest absolute Gasteiger partial charge is 0.323 e. The molecule has 0 aromatic rings. The van der Waals surface area contributed by atoms with Crippen molar-refractivity contribution in [2.75, 3.05) is 13.6 Å². The first-order valence-corrected chi connectivity index (χ1v) is 5.03. The van der Waals surface area contributed by atoms with Crippen LogP contribution in [0.1, 0.15) is 32.6 Å². The average molecular weight is 219 g/mol. The Morgan fingerprint density at radius 3 is 2.47 bits per heavy atom. The second-order valence-electron chi connectivity index (χ2n) is 3.67. The van der Waals surface area contributed by atoms with Gasteiger partial charge < -0.3 is 10.0 Å². The highest BCUT2D eigenvalue weighted by Crippen LogP contribution is 2.06. The van der Waals surface area contributed by atoms with Crippen molar-refractivity contribution < 1.29 is 19.1 Å². The van der Waals surface area contributed by atoms with Gasteiger partial charge in [-0.3, -0.25) is 9.59 Å². The molecule has 0 saturated heterocycles. The Hall–Kier alpha value is -1.13. The molecule has 0 aromatic heterocycles. The number of aliphatic carboxylic acids is 1. The van der Waals surface area contributed by atoms with Crippen molar-refractivity contribution in [2.45, 2.75) is 38.8 Å². The van der Waals surface area contributed by atoms with E-state index in [1.807, 2.05) is 0 Å². The number of likely N-dealkylation sites (N-methyl/N-ethyl adjacent to an activating group) is 1. The minimum Gasteiger partial charge on any atom is -0.480 e. The summed E-state index contributed by atoms with van der Waals surface area (Å²) in [4.78, 5) is 22.7. The standard InChI is InChI=1S/C10H18FNO3/c1-8(11)5-3-4-6-9(13)12(2)7-10(14)15/h8H,3-7H2,1-2H3,(H,14,15). The van der Waals surface area contributed by atoms with Gasteiger partial charge in [0.2, 0.25) is 5.91 Å². The second-order valence-corrected chi connectivity index (χ2v) is 3.67. The van der Waals surface area contributed by atoms with Gasteiger partial charge >= 0.3 is 5.97 Å². The molecule has 0 rings (SSSR count). The summed E-state index contributed by atoms with van der Waals surface area (Å²) in [6.45, 7) is 1.21. The van der Waals surface area contributed by atoms with Crippen LogP contribution in [0, 0.1) is 0 Å². The molecule has 88 valence electrons. The van der Waals surface area contributed by atoms with Gasteiger partial charge in [0.1, 0.15) is 6.54 Å². The van der Waals surface area contributed by atoms with Gasteiger partial charge in [-0.15, -0.1) is 0 Å². The van der Waals surface area contributed by atoms with E-state index < -0.39 is 12.1 Å². The molecule has 1 unspecified atom stereocenters. The molecule has 0 bridgehead atoms. The molecule has 5 heteroatoms. The molecular weight excluding hydrogens is 201 g/mol. The van der Waals surface area contributed by atoms with E-state index in [0.29, 0.717) is 19.3 Å². The Labute approximate surface area is 89.1 Å². The zero-order chi connectivity index (χ0) is 11.8. The zero-order valence-corrected chi connectivity index (χ0v) is 9.20. The number of rotatable bonds is 7. The third-order valence-corrected chi connectivity index (χ3v) is 2.04. The fraction of sp³-hybridized carbons (Fsp3) is 0.800. The average Bonchev–Trinajstić information content (AvgIpc) is 2.10. The van der Waals surface area contributed by atoms with Gasteiger partial charge in [0, 0.05) is 13.5 Å². The number of nitrogens with zero attached hydrogens (tertiary/aromatic N) is 1. The van der Waals surface area contributed by atoms with Crippen LogP contribution in [0.4, 0.5) is 4.39 Å². The van der Waals surface area contributed by atoms with Crippen molar-refractivity contribution in [3.05, 3.63) is 0 Å². The summed E-state index contributed by atoms with van der Waals surface area (Å²) < 4.78 is 12.4. The maximum absolute atomic E-state index is 12.4. The molecule has 0 radical (unpaired) electrons. The number of amides is 1. The van der Waals surface area contributed by atoms with Crippen molar-refractivity contribution in [1.29, 1.82) is 0 Å². The van der Waals surface area contributed by atoms with Crippen LogP contribution in [0.5, 0.6) is 0 Å². The molecule has 0 aliphatic carbocycles. The Bertz CT molecular complexity index is 219. The normalized spacial score (nSPS) is 12.2. The largest absolute Gasteiger partial charge is 0.480 e. The third-order valence-electron chi connectivity index (χ3n) is 2.04.